The summed E-state index contributed by atoms with van der Waals surface area (Å²) in [6.07, 6.45) is -11.5. The molecule has 3 heterocycles. The van der Waals surface area contributed by atoms with Crippen LogP contribution in [0.1, 0.15) is 80.3 Å². The number of fused-ring (bicyclic) bond motifs is 1. The molecule has 0 spiro atoms. The van der Waals surface area contributed by atoms with Gasteiger partial charge in [-0.15, -0.1) is 11.3 Å². The first-order valence-corrected chi connectivity index (χ1v) is 8.14. The van der Waals surface area contributed by atoms with E-state index in [2.05, 4.69) is 0 Å². The molecule has 3 rings (SSSR count). The molecule has 1 aliphatic rings. The van der Waals surface area contributed by atoms with Gasteiger partial charge in [0.05, 0.1) is 8.30 Å². The molecule has 8 heteroatoms. The standard InChI is InChI=1S/C19H27N3O3S.K/c1-13(2)22-18(25)15(16(23)14-7-12-26-19(14)22)17(24)20-8-6-11-21-9-4-3-5-10-21;/h7,12-13,23H,3-6,8-11H2,1-2H3,(H,20,24);/q;+1/p-1/i1D3,2D3,3D2,4D2,5D2,9D2,10D2,12D,13D;/hD. The van der Waals surface area contributed by atoms with E-state index in [1.54, 1.807) is 0 Å². The Kier molecular flexibility index (Phi) is 3.17. The number of carbonyl (C=O) groups excluding carboxylic acids is 1. The maximum atomic E-state index is 13.5. The average molecular weight is 435 g/mol. The average Bonchev–Trinajstić information content (AvgIpc) is 3.24. The van der Waals surface area contributed by atoms with Gasteiger partial charge in [0.2, 0.25) is 0 Å². The number of thiophene rings is 1. The first-order valence-electron chi connectivity index (χ1n) is 16.8. The fraction of sp³-hybridized carbons (Fsp3) is 0.579. The normalized spacial score (nSPS) is 36.1. The van der Waals surface area contributed by atoms with E-state index >= 15 is 0 Å². The van der Waals surface area contributed by atoms with Crippen molar-refractivity contribution in [3.05, 3.63) is 27.3 Å². The molecule has 0 radical (unpaired) electrons. The van der Waals surface area contributed by atoms with Gasteiger partial charge in [0.15, 0.2) is 1.41 Å². The number of nitrogens with one attached hydrogen (secondary N) is 1. The molecule has 0 bridgehead atoms. The Hall–Kier alpha value is -0.224. The van der Waals surface area contributed by atoms with Crippen molar-refractivity contribution < 1.29 is 87.4 Å². The Balaban J connectivity index is 0.00000736. The zero-order valence-electron chi connectivity index (χ0n) is 33.2. The van der Waals surface area contributed by atoms with Crippen molar-refractivity contribution in [3.63, 3.8) is 0 Å². The van der Waals surface area contributed by atoms with Crippen molar-refractivity contribution in [3.8, 4) is 5.75 Å². The number of hydrogen-bond donors (Lipinski definition) is 1. The molecule has 142 valence electrons. The largest absolute Gasteiger partial charge is 1.00 e. The molecule has 1 aliphatic heterocycles. The van der Waals surface area contributed by atoms with Gasteiger partial charge >= 0.3 is 51.4 Å². The zero-order chi connectivity index (χ0) is 35.3. The topological polar surface area (TPSA) is 77.4 Å². The number of amides is 1. The van der Waals surface area contributed by atoms with Crippen molar-refractivity contribution >= 4 is 27.5 Å². The van der Waals surface area contributed by atoms with Gasteiger partial charge in [0.25, 0.3) is 11.5 Å². The van der Waals surface area contributed by atoms with E-state index in [1.165, 1.54) is 0 Å². The summed E-state index contributed by atoms with van der Waals surface area (Å²) in [7, 11) is 0. The van der Waals surface area contributed by atoms with Crippen LogP contribution in [0.5, 0.6) is 5.75 Å². The smallest absolute Gasteiger partial charge is 0.871 e. The first kappa shape index (κ1) is 8.13. The summed E-state index contributed by atoms with van der Waals surface area (Å²) in [6.45, 7) is -16.3. The number of carbonyl (C=O) groups is 1. The Morgan fingerprint density at radius 2 is 2.26 bits per heavy atom. The van der Waals surface area contributed by atoms with Gasteiger partial charge in [-0.25, -0.2) is 0 Å². The number of nitrogens with zero attached hydrogens (tertiary/aromatic N) is 2. The molecule has 2 aromatic rings. The van der Waals surface area contributed by atoms with Crippen LogP contribution in [0.25, 0.3) is 10.2 Å². The van der Waals surface area contributed by atoms with E-state index in [0.717, 1.165) is 6.07 Å². The van der Waals surface area contributed by atoms with Gasteiger partial charge in [-0.1, -0.05) is 12.1 Å². The van der Waals surface area contributed by atoms with Crippen LogP contribution in [0.3, 0.4) is 0 Å². The fourth-order valence-corrected chi connectivity index (χ4v) is 3.08. The number of likely N-dealkylation sites (tertiary alicyclic amines) is 1. The van der Waals surface area contributed by atoms with E-state index < -0.39 is 110 Å². The van der Waals surface area contributed by atoms with Crippen molar-refractivity contribution in [2.75, 3.05) is 26.1 Å². The van der Waals surface area contributed by atoms with Crippen molar-refractivity contribution in [2.45, 2.75) is 45.3 Å². The molecular weight excluding hydrogens is 389 g/mol. The molecule has 1 fully saturated rings. The molecule has 0 aliphatic carbocycles. The van der Waals surface area contributed by atoms with E-state index in [9.17, 15) is 14.7 Å². The van der Waals surface area contributed by atoms with E-state index in [-0.39, 0.29) is 66.2 Å². The van der Waals surface area contributed by atoms with Gasteiger partial charge in [0, 0.05) is 39.9 Å². The van der Waals surface area contributed by atoms with Crippen LogP contribution < -0.4 is 67.4 Å². The molecule has 27 heavy (non-hydrogen) atoms. The number of aromatic nitrogens is 1. The van der Waals surface area contributed by atoms with Crippen LogP contribution in [0.15, 0.2) is 16.2 Å². The summed E-state index contributed by atoms with van der Waals surface area (Å²) in [5.74, 6) is -3.14. The second kappa shape index (κ2) is 10.5. The molecule has 2 aromatic heterocycles. The van der Waals surface area contributed by atoms with Crippen LogP contribution in [-0.4, -0.2) is 41.5 Å². The van der Waals surface area contributed by atoms with E-state index in [1.807, 2.05) is 0 Å². The van der Waals surface area contributed by atoms with E-state index in [0.29, 0.717) is 11.3 Å². The Morgan fingerprint density at radius 1 is 1.52 bits per heavy atom. The first-order chi connectivity index (χ1) is 19.9. The summed E-state index contributed by atoms with van der Waals surface area (Å²) < 4.78 is 151. The van der Waals surface area contributed by atoms with E-state index in [4.69, 9.17) is 26.1 Å². The van der Waals surface area contributed by atoms with Gasteiger partial charge in [-0.3, -0.25) is 14.2 Å². The second-order valence-corrected chi connectivity index (χ2v) is 5.89. The summed E-state index contributed by atoms with van der Waals surface area (Å²) in [4.78, 5) is 26.1. The van der Waals surface area contributed by atoms with Crippen LogP contribution in [0.2, 0.25) is 1.41 Å². The molecule has 0 atom stereocenters. The Bertz CT molecular complexity index is 1520. The maximum absolute atomic E-state index is 13.5. The molecule has 0 aromatic carbocycles. The summed E-state index contributed by atoms with van der Waals surface area (Å²) in [6, 6.07) is -2.96. The maximum Gasteiger partial charge on any atom is 1.00 e. The van der Waals surface area contributed by atoms with Gasteiger partial charge in [-0.05, 0) is 63.8 Å². The Labute approximate surface area is 233 Å². The fourth-order valence-electron chi connectivity index (χ4n) is 2.27. The third-order valence-electron chi connectivity index (χ3n) is 3.42. The molecule has 1 amide bonds. The molecular formula is C19H26KN3O3S. The van der Waals surface area contributed by atoms with Crippen molar-refractivity contribution in [1.82, 2.24) is 14.8 Å². The summed E-state index contributed by atoms with van der Waals surface area (Å²) >= 11 is 0.297. The quantitative estimate of drug-likeness (QED) is 0.612. The van der Waals surface area contributed by atoms with Gasteiger partial charge in [-0.2, -0.15) is 0 Å². The minimum atomic E-state index is -3.77. The third kappa shape index (κ3) is 5.23. The number of piperidine rings is 1. The number of pyridine rings is 1. The monoisotopic (exact) mass is 434 g/mol. The van der Waals surface area contributed by atoms with Crippen molar-refractivity contribution in [1.29, 1.82) is 0 Å². The predicted octanol–water partition coefficient (Wildman–Crippen LogP) is -0.673. The molecule has 0 unspecified atom stereocenters. The third-order valence-corrected chi connectivity index (χ3v) is 4.25. The van der Waals surface area contributed by atoms with Crippen LogP contribution in [-0.2, 0) is 0 Å². The molecule has 0 saturated carbocycles. The number of rotatable bonds is 6. The Morgan fingerprint density at radius 3 is 2.96 bits per heavy atom. The number of hydrogen-bond acceptors (Lipinski definition) is 5. The second-order valence-electron chi connectivity index (χ2n) is 5.07. The zero-order valence-corrected chi connectivity index (χ0v) is 18.1. The minimum Gasteiger partial charge on any atom is -0.871 e. The van der Waals surface area contributed by atoms with Crippen molar-refractivity contribution in [2.24, 2.45) is 0 Å². The van der Waals surface area contributed by atoms with Crippen LogP contribution in [0, 0.1) is 0 Å². The molecule has 1 saturated heterocycles. The SMILES string of the molecule is [2H]c1cc2c([O-])c(C(=O)N([2H])CCCN3C([2H])([2H])C([2H])([2H])C([2H])([2H])C([2H])([2H])C3([2H])[2H])c(=O)n(C([2H])(C([2H])([2H])[2H])C([2H])([2H])[2H])c2s1.[K+]. The van der Waals surface area contributed by atoms with Crippen LogP contribution >= 0.6 is 11.3 Å². The van der Waals surface area contributed by atoms with Crippen LogP contribution in [0.4, 0.5) is 0 Å². The van der Waals surface area contributed by atoms with Gasteiger partial charge < -0.3 is 15.3 Å². The molecule has 6 nitrogen and oxygen atoms in total. The summed E-state index contributed by atoms with van der Waals surface area (Å²) in [5, 5.41) is 12.0. The minimum absolute atomic E-state index is 0. The predicted molar refractivity (Wildman–Crippen MR) is 103 cm³/mol. The summed E-state index contributed by atoms with van der Waals surface area (Å²) in [5.41, 5.74) is -3.31. The van der Waals surface area contributed by atoms with Gasteiger partial charge in [0.1, 0.15) is 4.83 Å². The molecule has 1 N–H and O–H groups in total.